The van der Waals surface area contributed by atoms with Crippen LogP contribution in [-0.4, -0.2) is 109 Å². The number of benzene rings is 1. The van der Waals surface area contributed by atoms with E-state index in [9.17, 15) is 24.0 Å². The number of piperazine rings is 1. The number of fused-ring (bicyclic) bond motifs is 1. The normalized spacial score (nSPS) is 24.2. The molecule has 3 fully saturated rings. The third-order valence-corrected chi connectivity index (χ3v) is 7.22. The predicted molar refractivity (Wildman–Crippen MR) is 121 cm³/mol. The van der Waals surface area contributed by atoms with Crippen LogP contribution in [0.15, 0.2) is 18.2 Å². The fourth-order valence-electron chi connectivity index (χ4n) is 5.12. The third kappa shape index (κ3) is 3.94. The maximum Gasteiger partial charge on any atom is 0.262 e. The number of rotatable bonds is 5. The fourth-order valence-corrected chi connectivity index (χ4v) is 5.12. The number of likely N-dealkylation sites (N-methyl/N-ethyl adjacent to an activating group) is 1. The molecule has 5 amide bonds. The van der Waals surface area contributed by atoms with Gasteiger partial charge in [-0.25, -0.2) is 0 Å². The Bertz CT molecular complexity index is 1060. The summed E-state index contributed by atoms with van der Waals surface area (Å²) in [6, 6.07) is 4.69. The number of carbonyl (C=O) groups excluding carboxylic acids is 5. The maximum absolute atomic E-state index is 13.0. The first-order chi connectivity index (χ1) is 16.4. The number of anilines is 1. The van der Waals surface area contributed by atoms with Crippen LogP contribution in [0.1, 0.15) is 33.6 Å². The molecule has 1 aromatic rings. The molecule has 0 radical (unpaired) electrons. The molecule has 0 spiro atoms. The van der Waals surface area contributed by atoms with Crippen molar-refractivity contribution in [1.29, 1.82) is 0 Å². The van der Waals surface area contributed by atoms with Crippen molar-refractivity contribution in [1.82, 2.24) is 25.3 Å². The predicted octanol–water partition coefficient (Wildman–Crippen LogP) is -1.36. The monoisotopic (exact) mass is 468 g/mol. The van der Waals surface area contributed by atoms with Gasteiger partial charge in [-0.3, -0.25) is 44.0 Å². The van der Waals surface area contributed by atoms with E-state index < -0.39 is 23.8 Å². The van der Waals surface area contributed by atoms with Gasteiger partial charge in [0.05, 0.1) is 17.7 Å². The number of piperidine rings is 1. The minimum atomic E-state index is -0.955. The molecule has 1 unspecified atom stereocenters. The lowest BCUT2D eigenvalue weighted by molar-refractivity contribution is -0.136. The molecule has 0 saturated carbocycles. The van der Waals surface area contributed by atoms with Crippen LogP contribution in [-0.2, 0) is 14.4 Å². The number of carbonyl (C=O) groups is 5. The Labute approximate surface area is 197 Å². The number of hydrogen-bond donors (Lipinski definition) is 2. The SMILES string of the molecule is CNC(=O)CN1CCN(C2CN(c3ccc4c(c3)C(=O)N(C3CCC(=O)NC3=O)C4=O)C2)CC1. The Kier molecular flexibility index (Phi) is 5.82. The lowest BCUT2D eigenvalue weighted by atomic mass is 10.0. The van der Waals surface area contributed by atoms with E-state index in [1.165, 1.54) is 0 Å². The van der Waals surface area contributed by atoms with Crippen molar-refractivity contribution < 1.29 is 24.0 Å². The Morgan fingerprint density at radius 3 is 2.41 bits per heavy atom. The molecule has 180 valence electrons. The number of nitrogens with one attached hydrogen (secondary N) is 2. The van der Waals surface area contributed by atoms with Crippen LogP contribution in [0.2, 0.25) is 0 Å². The molecule has 0 aromatic heterocycles. The highest BCUT2D eigenvalue weighted by Gasteiger charge is 2.45. The first kappa shape index (κ1) is 22.5. The van der Waals surface area contributed by atoms with Crippen LogP contribution >= 0.6 is 0 Å². The summed E-state index contributed by atoms with van der Waals surface area (Å²) < 4.78 is 0. The quantitative estimate of drug-likeness (QED) is 0.508. The standard InChI is InChI=1S/C23H28N6O5/c1-24-20(31)13-26-6-8-27(9-7-26)15-11-28(12-15)14-2-3-16-17(10-14)23(34)29(22(16)33)18-4-5-19(30)25-21(18)32/h2-3,10,15,18H,4-9,11-13H2,1H3,(H,24,31)(H,25,30,32). The van der Waals surface area contributed by atoms with Crippen LogP contribution in [0.5, 0.6) is 0 Å². The smallest absolute Gasteiger partial charge is 0.262 e. The summed E-state index contributed by atoms with van der Waals surface area (Å²) in [4.78, 5) is 68.9. The molecule has 4 heterocycles. The molecule has 3 saturated heterocycles. The summed E-state index contributed by atoms with van der Waals surface area (Å²) in [7, 11) is 1.65. The van der Waals surface area contributed by atoms with E-state index in [1.54, 1.807) is 19.2 Å². The Hall–Kier alpha value is -3.31. The van der Waals surface area contributed by atoms with Crippen LogP contribution < -0.4 is 15.5 Å². The summed E-state index contributed by atoms with van der Waals surface area (Å²) in [6.45, 7) is 5.62. The lowest BCUT2D eigenvalue weighted by Crippen LogP contribution is -2.63. The minimum Gasteiger partial charge on any atom is -0.368 e. The summed E-state index contributed by atoms with van der Waals surface area (Å²) in [5.41, 5.74) is 1.47. The molecule has 1 aromatic carbocycles. The van der Waals surface area contributed by atoms with Crippen LogP contribution in [0.4, 0.5) is 5.69 Å². The highest BCUT2D eigenvalue weighted by molar-refractivity contribution is 6.23. The zero-order valence-electron chi connectivity index (χ0n) is 19.1. The number of hydrogen-bond acceptors (Lipinski definition) is 8. The average molecular weight is 469 g/mol. The topological polar surface area (TPSA) is 122 Å². The molecule has 4 aliphatic heterocycles. The van der Waals surface area contributed by atoms with Gasteiger partial charge in [0, 0.05) is 64.5 Å². The third-order valence-electron chi connectivity index (χ3n) is 7.22. The van der Waals surface area contributed by atoms with Crippen molar-refractivity contribution in [2.24, 2.45) is 0 Å². The first-order valence-electron chi connectivity index (χ1n) is 11.6. The van der Waals surface area contributed by atoms with Gasteiger partial charge in [0.2, 0.25) is 17.7 Å². The fraction of sp³-hybridized carbons (Fsp3) is 0.522. The van der Waals surface area contributed by atoms with Crippen molar-refractivity contribution in [3.63, 3.8) is 0 Å². The van der Waals surface area contributed by atoms with Crippen LogP contribution in [0.3, 0.4) is 0 Å². The summed E-state index contributed by atoms with van der Waals surface area (Å²) in [5, 5.41) is 4.87. The van der Waals surface area contributed by atoms with Crippen LogP contribution in [0, 0.1) is 0 Å². The van der Waals surface area contributed by atoms with Gasteiger partial charge in [-0.1, -0.05) is 0 Å². The molecule has 11 nitrogen and oxygen atoms in total. The van der Waals surface area contributed by atoms with Crippen molar-refractivity contribution >= 4 is 35.2 Å². The van der Waals surface area contributed by atoms with Gasteiger partial charge in [0.1, 0.15) is 6.04 Å². The van der Waals surface area contributed by atoms with Gasteiger partial charge in [-0.2, -0.15) is 0 Å². The second kappa shape index (κ2) is 8.80. The van der Waals surface area contributed by atoms with E-state index in [2.05, 4.69) is 25.3 Å². The summed E-state index contributed by atoms with van der Waals surface area (Å²) in [6.07, 6.45) is 0.247. The highest BCUT2D eigenvalue weighted by Crippen LogP contribution is 2.32. The molecular formula is C23H28N6O5. The van der Waals surface area contributed by atoms with E-state index in [1.807, 2.05) is 6.07 Å². The van der Waals surface area contributed by atoms with E-state index in [0.29, 0.717) is 23.7 Å². The zero-order valence-corrected chi connectivity index (χ0v) is 19.1. The molecule has 34 heavy (non-hydrogen) atoms. The second-order valence-corrected chi connectivity index (χ2v) is 9.22. The average Bonchev–Trinajstić information content (AvgIpc) is 3.04. The molecule has 4 aliphatic rings. The highest BCUT2D eigenvalue weighted by atomic mass is 16.2. The maximum atomic E-state index is 13.0. The van der Waals surface area contributed by atoms with Crippen LogP contribution in [0.25, 0.3) is 0 Å². The van der Waals surface area contributed by atoms with Gasteiger partial charge < -0.3 is 10.2 Å². The van der Waals surface area contributed by atoms with Gasteiger partial charge in [0.25, 0.3) is 11.8 Å². The first-order valence-corrected chi connectivity index (χ1v) is 11.6. The molecule has 11 heteroatoms. The van der Waals surface area contributed by atoms with E-state index >= 15 is 0 Å². The number of imide groups is 2. The molecule has 0 aliphatic carbocycles. The van der Waals surface area contributed by atoms with Gasteiger partial charge >= 0.3 is 0 Å². The Balaban J connectivity index is 1.20. The van der Waals surface area contributed by atoms with Crippen molar-refractivity contribution in [3.05, 3.63) is 29.3 Å². The van der Waals surface area contributed by atoms with Gasteiger partial charge in [-0.15, -0.1) is 0 Å². The number of nitrogens with zero attached hydrogens (tertiary/aromatic N) is 4. The van der Waals surface area contributed by atoms with Crippen molar-refractivity contribution in [2.45, 2.75) is 24.9 Å². The Morgan fingerprint density at radius 1 is 1.03 bits per heavy atom. The molecule has 5 rings (SSSR count). The van der Waals surface area contributed by atoms with E-state index in [0.717, 1.165) is 49.9 Å². The largest absolute Gasteiger partial charge is 0.368 e. The van der Waals surface area contributed by atoms with E-state index in [-0.39, 0.29) is 24.7 Å². The molecule has 2 N–H and O–H groups in total. The van der Waals surface area contributed by atoms with E-state index in [4.69, 9.17) is 0 Å². The number of amides is 5. The molecule has 1 atom stereocenters. The van der Waals surface area contributed by atoms with Gasteiger partial charge in [0.15, 0.2) is 0 Å². The molecule has 0 bridgehead atoms. The summed E-state index contributed by atoms with van der Waals surface area (Å²) >= 11 is 0. The Morgan fingerprint density at radius 2 is 1.74 bits per heavy atom. The second-order valence-electron chi connectivity index (χ2n) is 9.22. The van der Waals surface area contributed by atoms with Crippen molar-refractivity contribution in [3.8, 4) is 0 Å². The zero-order chi connectivity index (χ0) is 24.0. The van der Waals surface area contributed by atoms with Gasteiger partial charge in [-0.05, 0) is 24.6 Å². The lowest BCUT2D eigenvalue weighted by Gasteiger charge is -2.49. The summed E-state index contributed by atoms with van der Waals surface area (Å²) in [5.74, 6) is -1.94. The molecular weight excluding hydrogens is 440 g/mol. The van der Waals surface area contributed by atoms with Crippen molar-refractivity contribution in [2.75, 3.05) is 57.8 Å². The minimum absolute atomic E-state index is 0.0316.